The lowest BCUT2D eigenvalue weighted by atomic mass is 10.1. The molecule has 0 spiro atoms. The van der Waals surface area contributed by atoms with Crippen molar-refractivity contribution in [2.24, 2.45) is 8.04 Å². The van der Waals surface area contributed by atoms with E-state index in [1.54, 1.807) is 18.2 Å². The van der Waals surface area contributed by atoms with Gasteiger partial charge in [-0.05, 0) is 18.2 Å². The average Bonchev–Trinajstić information content (AvgIpc) is 2.04. The van der Waals surface area contributed by atoms with Crippen LogP contribution in [0.15, 0.2) is 31.3 Å². The average molecular weight is 298 g/mol. The summed E-state index contributed by atoms with van der Waals surface area (Å²) >= 11 is 11.7. The molecule has 0 fully saturated rings. The van der Waals surface area contributed by atoms with E-state index in [-0.39, 0.29) is 0 Å². The number of allylic oxidation sites excluding steroid dienone is 4. The van der Waals surface area contributed by atoms with Gasteiger partial charge in [0.15, 0.2) is 0 Å². The molecule has 0 aromatic rings. The molecule has 0 saturated heterocycles. The standard InChI is InChI=1S/C6H3Br2ClN2/c7-10-4-1-2-6(11-8)5(9)3-4/h1-3H/b10-4+,11-6+. The van der Waals surface area contributed by atoms with E-state index in [0.29, 0.717) is 10.7 Å². The van der Waals surface area contributed by atoms with Gasteiger partial charge in [0.05, 0.1) is 48.8 Å². The van der Waals surface area contributed by atoms with Crippen LogP contribution in [0, 0.1) is 0 Å². The highest BCUT2D eigenvalue weighted by molar-refractivity contribution is 9.08. The third-order valence-corrected chi connectivity index (χ3v) is 2.21. The first-order valence-corrected chi connectivity index (χ1v) is 4.51. The Balaban J connectivity index is 2.97. The molecule has 1 aliphatic rings. The highest BCUT2D eigenvalue weighted by Gasteiger charge is 2.06. The van der Waals surface area contributed by atoms with Gasteiger partial charge in [0, 0.05) is 0 Å². The molecule has 5 heteroatoms. The first-order valence-electron chi connectivity index (χ1n) is 2.71. The van der Waals surface area contributed by atoms with Crippen molar-refractivity contribution >= 4 is 55.3 Å². The highest BCUT2D eigenvalue weighted by Crippen LogP contribution is 2.13. The van der Waals surface area contributed by atoms with E-state index in [0.717, 1.165) is 5.71 Å². The fraction of sp³-hybridized carbons (Fsp3) is 0. The Kier molecular flexibility index (Phi) is 3.48. The van der Waals surface area contributed by atoms with Crippen LogP contribution < -0.4 is 0 Å². The zero-order chi connectivity index (χ0) is 8.27. The summed E-state index contributed by atoms with van der Waals surface area (Å²) in [6.07, 6.45) is 5.30. The molecule has 0 amide bonds. The molecule has 0 unspecified atom stereocenters. The zero-order valence-electron chi connectivity index (χ0n) is 5.26. The quantitative estimate of drug-likeness (QED) is 0.614. The molecule has 0 atom stereocenters. The van der Waals surface area contributed by atoms with E-state index in [4.69, 9.17) is 11.6 Å². The molecule has 0 aliphatic heterocycles. The molecule has 0 heterocycles. The molecule has 0 N–H and O–H groups in total. The zero-order valence-corrected chi connectivity index (χ0v) is 9.19. The molecule has 0 bridgehead atoms. The minimum atomic E-state index is 0.572. The second-order valence-electron chi connectivity index (χ2n) is 1.80. The van der Waals surface area contributed by atoms with Crippen LogP contribution in [-0.4, -0.2) is 11.4 Å². The van der Waals surface area contributed by atoms with Gasteiger partial charge in [-0.3, -0.25) is 0 Å². The van der Waals surface area contributed by atoms with Gasteiger partial charge < -0.3 is 0 Å². The first-order chi connectivity index (χ1) is 5.27. The first kappa shape index (κ1) is 9.16. The lowest BCUT2D eigenvalue weighted by Gasteiger charge is -2.02. The smallest absolute Gasteiger partial charge is 0.0901 e. The van der Waals surface area contributed by atoms with Gasteiger partial charge in [0.2, 0.25) is 0 Å². The minimum absolute atomic E-state index is 0.572. The van der Waals surface area contributed by atoms with E-state index >= 15 is 0 Å². The molecule has 0 radical (unpaired) electrons. The predicted molar refractivity (Wildman–Crippen MR) is 55.8 cm³/mol. The number of nitrogens with zero attached hydrogens (tertiary/aromatic N) is 2. The van der Waals surface area contributed by atoms with Crippen molar-refractivity contribution < 1.29 is 0 Å². The molecule has 58 valence electrons. The highest BCUT2D eigenvalue weighted by atomic mass is 79.9. The Morgan fingerprint density at radius 3 is 2.36 bits per heavy atom. The van der Waals surface area contributed by atoms with Crippen molar-refractivity contribution in [3.05, 3.63) is 23.3 Å². The van der Waals surface area contributed by atoms with Crippen molar-refractivity contribution in [3.63, 3.8) is 0 Å². The number of halogens is 3. The van der Waals surface area contributed by atoms with E-state index in [1.807, 2.05) is 0 Å². The summed E-state index contributed by atoms with van der Waals surface area (Å²) < 4.78 is 7.55. The van der Waals surface area contributed by atoms with Gasteiger partial charge in [0.1, 0.15) is 0 Å². The largest absolute Gasteiger partial charge is 0.207 e. The Bertz CT molecular complexity index is 278. The molecule has 2 nitrogen and oxygen atoms in total. The van der Waals surface area contributed by atoms with Gasteiger partial charge >= 0.3 is 0 Å². The maximum atomic E-state index is 5.80. The van der Waals surface area contributed by atoms with Crippen LogP contribution in [0.1, 0.15) is 0 Å². The van der Waals surface area contributed by atoms with Crippen LogP contribution in [0.2, 0.25) is 0 Å². The molecule has 11 heavy (non-hydrogen) atoms. The van der Waals surface area contributed by atoms with Gasteiger partial charge in [-0.15, -0.1) is 0 Å². The van der Waals surface area contributed by atoms with Crippen LogP contribution in [0.5, 0.6) is 0 Å². The monoisotopic (exact) mass is 296 g/mol. The Labute approximate surface area is 86.4 Å². The fourth-order valence-corrected chi connectivity index (χ4v) is 1.47. The second kappa shape index (κ2) is 4.18. The Hall–Kier alpha value is 0.0700. The van der Waals surface area contributed by atoms with Crippen LogP contribution in [-0.2, 0) is 0 Å². The number of rotatable bonds is 0. The molecule has 0 aromatic heterocycles. The lowest BCUT2D eigenvalue weighted by Crippen LogP contribution is -2.02. The summed E-state index contributed by atoms with van der Waals surface area (Å²) in [5.41, 5.74) is 1.47. The van der Waals surface area contributed by atoms with Gasteiger partial charge in [-0.2, -0.15) is 0 Å². The van der Waals surface area contributed by atoms with Gasteiger partial charge in [-0.1, -0.05) is 11.6 Å². The van der Waals surface area contributed by atoms with Crippen LogP contribution in [0.4, 0.5) is 0 Å². The molecular weight excluding hydrogens is 295 g/mol. The topological polar surface area (TPSA) is 24.7 Å². The van der Waals surface area contributed by atoms with Crippen molar-refractivity contribution in [1.82, 2.24) is 0 Å². The Morgan fingerprint density at radius 1 is 1.18 bits per heavy atom. The normalized spacial score (nSPS) is 24.5. The summed E-state index contributed by atoms with van der Waals surface area (Å²) in [5, 5.41) is 0.572. The lowest BCUT2D eigenvalue weighted by molar-refractivity contribution is 1.81. The van der Waals surface area contributed by atoms with Crippen LogP contribution in [0.25, 0.3) is 0 Å². The van der Waals surface area contributed by atoms with Crippen LogP contribution >= 0.6 is 43.9 Å². The van der Waals surface area contributed by atoms with Gasteiger partial charge in [0.25, 0.3) is 0 Å². The van der Waals surface area contributed by atoms with E-state index in [1.165, 1.54) is 0 Å². The van der Waals surface area contributed by atoms with Crippen LogP contribution in [0.3, 0.4) is 0 Å². The minimum Gasteiger partial charge on any atom is -0.207 e. The third-order valence-electron chi connectivity index (χ3n) is 1.12. The molecule has 0 aromatic carbocycles. The summed E-state index contributed by atoms with van der Waals surface area (Å²) in [4.78, 5) is 0. The maximum Gasteiger partial charge on any atom is 0.0901 e. The summed E-state index contributed by atoms with van der Waals surface area (Å²) in [6.45, 7) is 0. The molecule has 1 aliphatic carbocycles. The van der Waals surface area contributed by atoms with E-state index in [9.17, 15) is 0 Å². The Morgan fingerprint density at radius 2 is 1.91 bits per heavy atom. The third kappa shape index (κ3) is 2.25. The molecular formula is C6H3Br2ClN2. The van der Waals surface area contributed by atoms with E-state index < -0.39 is 0 Å². The van der Waals surface area contributed by atoms with Crippen molar-refractivity contribution in [2.45, 2.75) is 0 Å². The number of hydrogen-bond acceptors (Lipinski definition) is 2. The summed E-state index contributed by atoms with van der Waals surface area (Å²) in [5.74, 6) is 0. The SMILES string of the molecule is ClC1=CC(=N/Br)/C=CC/1=N\Br. The number of hydrogen-bond donors (Lipinski definition) is 0. The van der Waals surface area contributed by atoms with Gasteiger partial charge in [-0.25, -0.2) is 8.04 Å². The summed E-state index contributed by atoms with van der Waals surface area (Å²) in [6, 6.07) is 0. The van der Waals surface area contributed by atoms with E-state index in [2.05, 4.69) is 40.3 Å². The second-order valence-corrected chi connectivity index (χ2v) is 2.92. The summed E-state index contributed by atoms with van der Waals surface area (Å²) in [7, 11) is 0. The van der Waals surface area contributed by atoms with Crippen molar-refractivity contribution in [2.75, 3.05) is 0 Å². The fourth-order valence-electron chi connectivity index (χ4n) is 0.617. The predicted octanol–water partition coefficient (Wildman–Crippen LogP) is 3.18. The maximum absolute atomic E-state index is 5.80. The van der Waals surface area contributed by atoms with Crippen molar-refractivity contribution in [1.29, 1.82) is 0 Å². The van der Waals surface area contributed by atoms with Crippen molar-refractivity contribution in [3.8, 4) is 0 Å². The molecule has 1 rings (SSSR count). The molecule has 0 saturated carbocycles.